The first-order chi connectivity index (χ1) is 34.4. The fraction of sp³-hybridized carbons (Fsp3) is 0.600. The predicted molar refractivity (Wildman–Crippen MR) is 277 cm³/mol. The Morgan fingerprint density at radius 2 is 1.74 bits per heavy atom. The maximum Gasteiger partial charge on any atom is 0.426 e. The number of phenols is 1. The van der Waals surface area contributed by atoms with Gasteiger partial charge in [-0.25, -0.2) is 20.2 Å². The van der Waals surface area contributed by atoms with Gasteiger partial charge in [-0.15, -0.1) is 11.3 Å². The van der Waals surface area contributed by atoms with Crippen LogP contribution in [0.15, 0.2) is 59.1 Å². The van der Waals surface area contributed by atoms with Crippen LogP contribution in [-0.2, 0) is 44.6 Å². The summed E-state index contributed by atoms with van der Waals surface area (Å²) in [6.07, 6.45) is 2.86. The molecular weight excluding hydrogens is 985 g/mol. The van der Waals surface area contributed by atoms with Crippen molar-refractivity contribution in [1.82, 2.24) is 41.3 Å². The summed E-state index contributed by atoms with van der Waals surface area (Å²) >= 11 is 1.15. The predicted octanol–water partition coefficient (Wildman–Crippen LogP) is 6.82. The van der Waals surface area contributed by atoms with Crippen LogP contribution in [0, 0.1) is 17.8 Å². The molecule has 2 unspecified atom stereocenters. The Labute approximate surface area is 435 Å². The van der Waals surface area contributed by atoms with Gasteiger partial charge in [0.05, 0.1) is 11.7 Å². The van der Waals surface area contributed by atoms with Gasteiger partial charge in [-0.3, -0.25) is 39.6 Å². The topological polar surface area (TPSA) is 251 Å². The number of rotatable bonds is 28. The number of amides is 4. The molecule has 1 fully saturated rings. The third-order valence-electron chi connectivity index (χ3n) is 12.3. The van der Waals surface area contributed by atoms with E-state index in [2.05, 4.69) is 26.5 Å². The van der Waals surface area contributed by atoms with E-state index in [1.165, 1.54) is 45.5 Å². The molecule has 22 heteroatoms. The lowest BCUT2D eigenvalue weighted by Gasteiger charge is -2.39. The van der Waals surface area contributed by atoms with Crippen molar-refractivity contribution in [2.75, 3.05) is 32.7 Å². The summed E-state index contributed by atoms with van der Waals surface area (Å²) in [6.45, 7) is 12.9. The molecule has 1 aliphatic rings. The number of nitrogens with one attached hydrogen (secondary N) is 4. The van der Waals surface area contributed by atoms with Crippen molar-refractivity contribution in [1.29, 1.82) is 0 Å². The normalized spacial score (nSPS) is 16.8. The number of aromatic hydroxyl groups is 1. The minimum absolute atomic E-state index is 0.0407. The number of carbonyl (C=O) groups excluding carboxylic acids is 6. The number of nitrogens with zero attached hydrogens (tertiary/aromatic N) is 4. The van der Waals surface area contributed by atoms with E-state index in [-0.39, 0.29) is 61.1 Å². The van der Waals surface area contributed by atoms with Crippen molar-refractivity contribution < 1.29 is 53.2 Å². The van der Waals surface area contributed by atoms with Crippen LogP contribution in [0.3, 0.4) is 0 Å². The van der Waals surface area contributed by atoms with Gasteiger partial charge in [-0.1, -0.05) is 83.4 Å². The zero-order valence-corrected chi connectivity index (χ0v) is 45.1. The molecular formula is C50H74N8O11S3. The van der Waals surface area contributed by atoms with Crippen molar-refractivity contribution in [2.45, 2.75) is 148 Å². The maximum absolute atomic E-state index is 14.9. The Kier molecular flexibility index (Phi) is 25.6. The minimum atomic E-state index is -1.37. The van der Waals surface area contributed by atoms with Crippen molar-refractivity contribution in [3.8, 4) is 5.75 Å². The fourth-order valence-corrected chi connectivity index (χ4v) is 10.7. The van der Waals surface area contributed by atoms with Gasteiger partial charge in [0, 0.05) is 55.1 Å². The molecule has 1 aromatic carbocycles. The van der Waals surface area contributed by atoms with Crippen molar-refractivity contribution in [2.24, 2.45) is 17.8 Å². The second-order valence-corrected chi connectivity index (χ2v) is 21.7. The van der Waals surface area contributed by atoms with E-state index in [9.17, 15) is 39.0 Å². The van der Waals surface area contributed by atoms with Gasteiger partial charge in [0.25, 0.3) is 0 Å². The number of aliphatic hydroxyl groups excluding tert-OH is 1. The molecule has 2 aromatic heterocycles. The average Bonchev–Trinajstić information content (AvgIpc) is 3.85. The quantitative estimate of drug-likeness (QED) is 0.0109. The molecule has 6 N–H and O–H groups in total. The molecule has 3 heterocycles. The lowest BCUT2D eigenvalue weighted by molar-refractivity contribution is -0.160. The first kappa shape index (κ1) is 59.6. The summed E-state index contributed by atoms with van der Waals surface area (Å²) in [7, 11) is 4.82. The number of likely N-dealkylation sites (tertiary alicyclic amines) is 1. The molecule has 398 valence electrons. The third-order valence-corrected chi connectivity index (χ3v) is 15.5. The number of aromatic nitrogens is 2. The van der Waals surface area contributed by atoms with Crippen LogP contribution in [0.4, 0.5) is 4.79 Å². The molecule has 4 amide bonds. The van der Waals surface area contributed by atoms with Gasteiger partial charge in [0.1, 0.15) is 34.7 Å². The number of benzene rings is 1. The molecule has 4 rings (SSSR count). The molecule has 0 radical (unpaired) electrons. The van der Waals surface area contributed by atoms with E-state index < -0.39 is 73.0 Å². The summed E-state index contributed by atoms with van der Waals surface area (Å²) in [4.78, 5) is 92.3. The lowest BCUT2D eigenvalue weighted by atomic mass is 9.92. The highest BCUT2D eigenvalue weighted by Crippen LogP contribution is 2.33. The number of esters is 2. The molecule has 72 heavy (non-hydrogen) atoms. The highest BCUT2D eigenvalue weighted by Gasteiger charge is 2.39. The van der Waals surface area contributed by atoms with Gasteiger partial charge in [-0.2, -0.15) is 0 Å². The molecule has 8 atom stereocenters. The van der Waals surface area contributed by atoms with Crippen molar-refractivity contribution in [3.05, 3.63) is 70.3 Å². The number of pyridine rings is 1. The zero-order valence-electron chi connectivity index (χ0n) is 42.7. The number of piperidine rings is 1. The van der Waals surface area contributed by atoms with Crippen molar-refractivity contribution >= 4 is 68.7 Å². The van der Waals surface area contributed by atoms with Crippen LogP contribution in [0.25, 0.3) is 0 Å². The van der Waals surface area contributed by atoms with E-state index in [1.807, 2.05) is 64.8 Å². The number of carbonyl (C=O) groups is 6. The molecule has 0 aliphatic carbocycles. The van der Waals surface area contributed by atoms with Gasteiger partial charge in [-0.05, 0) is 98.2 Å². The van der Waals surface area contributed by atoms with E-state index in [0.717, 1.165) is 41.3 Å². The smallest absolute Gasteiger partial charge is 0.426 e. The number of likely N-dealkylation sites (N-methyl/N-ethyl adjacent to an activating group) is 1. The third kappa shape index (κ3) is 19.8. The van der Waals surface area contributed by atoms with Gasteiger partial charge >= 0.3 is 18.0 Å². The van der Waals surface area contributed by atoms with Crippen LogP contribution in [0.2, 0.25) is 0 Å². The Balaban J connectivity index is 1.51. The van der Waals surface area contributed by atoms with Crippen molar-refractivity contribution in [3.63, 3.8) is 0 Å². The Morgan fingerprint density at radius 1 is 0.986 bits per heavy atom. The zero-order chi connectivity index (χ0) is 52.7. The minimum Gasteiger partial charge on any atom is -0.508 e. The average molecular weight is 1060 g/mol. The summed E-state index contributed by atoms with van der Waals surface area (Å²) in [5.41, 5.74) is 5.70. The maximum atomic E-state index is 14.9. The highest BCUT2D eigenvalue weighted by molar-refractivity contribution is 8.76. The number of hydrogen-bond donors (Lipinski definition) is 6. The highest BCUT2D eigenvalue weighted by atomic mass is 33.1. The number of aliphatic hydroxyl groups is 1. The Morgan fingerprint density at radius 3 is 2.39 bits per heavy atom. The summed E-state index contributed by atoms with van der Waals surface area (Å²) < 4.78 is 16.8. The number of thiazole rings is 1. The molecule has 1 saturated heterocycles. The molecule has 19 nitrogen and oxygen atoms in total. The van der Waals surface area contributed by atoms with E-state index in [0.29, 0.717) is 36.4 Å². The molecule has 0 bridgehead atoms. The summed E-state index contributed by atoms with van der Waals surface area (Å²) in [6, 6.07) is 9.56. The van der Waals surface area contributed by atoms with Gasteiger partial charge < -0.3 is 34.6 Å². The number of phenolic OH excluding ortho intramolecular Hbond substituents is 1. The SMILES string of the molecule is CCCC(=O)OCN(C(=O)[C@@H](NC(=O)[C@H]1CCCCN1C)C(C)CC)[C@H](C[C@@H](OC(C)=O)c1nc(C(O)N[C@@H](Cc2ccc(O)cc2)C[C@H](C)C(=O)NNC(=O)OCCSSc2ccccn2)cs1)C(C)C. The lowest BCUT2D eigenvalue weighted by Crippen LogP contribution is -2.59. The summed E-state index contributed by atoms with van der Waals surface area (Å²) in [5.74, 6) is -2.93. The van der Waals surface area contributed by atoms with E-state index in [1.54, 1.807) is 30.6 Å². The molecule has 0 saturated carbocycles. The standard InChI is InChI=1S/C50H74N8O11S3/c1-9-15-43(61)68-30-58(49(65)44(32(5)10-2)54-47(64)39-16-12-14-23-57(39)8)40(31(3)4)28-41(69-34(7)59)48-53-38(29-70-48)46(63)52-36(27-35-18-20-37(60)21-19-35)26-33(6)45(62)55-56-50(66)67-24-25-71-72-42-17-11-13-22-51-42/h11,13,17-22,29,31-33,36,39-41,44,46,52,60,63H,9-10,12,14-16,23-28,30H2,1-8H3,(H,54,64)(H,55,62)(H,56,66)/t32?,33-,36+,39+,40+,41+,44-,46?/m0/s1. The first-order valence-corrected chi connectivity index (χ1v) is 27.8. The van der Waals surface area contributed by atoms with E-state index >= 15 is 0 Å². The number of hydrazine groups is 1. The number of ether oxygens (including phenoxy) is 3. The van der Waals surface area contributed by atoms with Crippen LogP contribution in [0.1, 0.15) is 128 Å². The first-order valence-electron chi connectivity index (χ1n) is 24.6. The molecule has 3 aromatic rings. The molecule has 0 spiro atoms. The Bertz CT molecular complexity index is 2170. The van der Waals surface area contributed by atoms with Gasteiger partial charge in [0.2, 0.25) is 17.7 Å². The van der Waals surface area contributed by atoms with E-state index in [4.69, 9.17) is 19.2 Å². The second kappa shape index (κ2) is 30.9. The van der Waals surface area contributed by atoms with Gasteiger partial charge in [0.15, 0.2) is 12.8 Å². The van der Waals surface area contributed by atoms with Crippen LogP contribution >= 0.6 is 32.9 Å². The van der Waals surface area contributed by atoms with Crippen LogP contribution < -0.4 is 21.5 Å². The fourth-order valence-electron chi connectivity index (χ4n) is 8.12. The van der Waals surface area contributed by atoms with Crippen LogP contribution in [0.5, 0.6) is 5.75 Å². The molecule has 1 aliphatic heterocycles. The largest absolute Gasteiger partial charge is 0.508 e. The summed E-state index contributed by atoms with van der Waals surface area (Å²) in [5, 5.41) is 30.7. The Hall–Kier alpha value is -5.00. The number of hydrogen-bond acceptors (Lipinski definition) is 18. The van der Waals surface area contributed by atoms with Crippen LogP contribution in [-0.4, -0.2) is 123 Å². The second-order valence-electron chi connectivity index (χ2n) is 18.4. The monoisotopic (exact) mass is 1060 g/mol.